The van der Waals surface area contributed by atoms with E-state index < -0.39 is 12.0 Å². The molecule has 2 aromatic carbocycles. The topological polar surface area (TPSA) is 64.6 Å². The Labute approximate surface area is 148 Å². The summed E-state index contributed by atoms with van der Waals surface area (Å²) in [4.78, 5) is 24.8. The molecule has 0 spiro atoms. The van der Waals surface area contributed by atoms with Crippen LogP contribution in [-0.2, 0) is 16.0 Å². The lowest BCUT2D eigenvalue weighted by Crippen LogP contribution is -2.44. The number of rotatable bonds is 7. The second-order valence-corrected chi connectivity index (χ2v) is 5.93. The van der Waals surface area contributed by atoms with E-state index in [0.29, 0.717) is 12.0 Å². The summed E-state index contributed by atoms with van der Waals surface area (Å²) in [7, 11) is 1.60. The van der Waals surface area contributed by atoms with Crippen molar-refractivity contribution >= 4 is 11.9 Å². The van der Waals surface area contributed by atoms with Gasteiger partial charge in [0.05, 0.1) is 13.2 Å². The number of ether oxygens (including phenoxy) is 2. The third kappa shape index (κ3) is 5.64. The first kappa shape index (κ1) is 18.5. The van der Waals surface area contributed by atoms with Gasteiger partial charge in [-0.15, -0.1) is 0 Å². The maximum Gasteiger partial charge on any atom is 0.329 e. The predicted molar refractivity (Wildman–Crippen MR) is 95.6 cm³/mol. The van der Waals surface area contributed by atoms with Gasteiger partial charge in [-0.25, -0.2) is 4.79 Å². The van der Waals surface area contributed by atoms with E-state index in [-0.39, 0.29) is 12.0 Å². The molecule has 2 rings (SSSR count). The van der Waals surface area contributed by atoms with Crippen molar-refractivity contribution in [2.45, 2.75) is 32.4 Å². The fourth-order valence-corrected chi connectivity index (χ4v) is 2.34. The molecule has 2 aromatic rings. The third-order valence-corrected chi connectivity index (χ3v) is 3.58. The van der Waals surface area contributed by atoms with Crippen LogP contribution in [0, 0.1) is 0 Å². The van der Waals surface area contributed by atoms with Gasteiger partial charge in [-0.1, -0.05) is 30.3 Å². The zero-order chi connectivity index (χ0) is 18.2. The van der Waals surface area contributed by atoms with Crippen molar-refractivity contribution < 1.29 is 19.1 Å². The second kappa shape index (κ2) is 8.87. The Morgan fingerprint density at radius 2 is 1.64 bits per heavy atom. The Hall–Kier alpha value is -2.82. The van der Waals surface area contributed by atoms with Gasteiger partial charge in [-0.05, 0) is 43.7 Å². The van der Waals surface area contributed by atoms with Crippen molar-refractivity contribution in [1.82, 2.24) is 5.32 Å². The maximum atomic E-state index is 12.4. The van der Waals surface area contributed by atoms with Gasteiger partial charge in [-0.2, -0.15) is 0 Å². The Morgan fingerprint density at radius 1 is 1.00 bits per heavy atom. The lowest BCUT2D eigenvalue weighted by atomic mass is 10.0. The van der Waals surface area contributed by atoms with E-state index in [1.165, 1.54) is 0 Å². The predicted octanol–water partition coefficient (Wildman–Crippen LogP) is 2.99. The van der Waals surface area contributed by atoms with Crippen LogP contribution in [0.2, 0.25) is 0 Å². The fraction of sp³-hybridized carbons (Fsp3) is 0.300. The monoisotopic (exact) mass is 341 g/mol. The van der Waals surface area contributed by atoms with E-state index in [2.05, 4.69) is 5.32 Å². The number of benzene rings is 2. The van der Waals surface area contributed by atoms with Gasteiger partial charge in [0.25, 0.3) is 5.91 Å². The van der Waals surface area contributed by atoms with Gasteiger partial charge in [0.15, 0.2) is 0 Å². The molecule has 0 saturated heterocycles. The molecule has 0 heterocycles. The molecular weight excluding hydrogens is 318 g/mol. The van der Waals surface area contributed by atoms with Crippen molar-refractivity contribution in [2.24, 2.45) is 0 Å². The normalized spacial score (nSPS) is 11.7. The van der Waals surface area contributed by atoms with Gasteiger partial charge in [0, 0.05) is 12.0 Å². The molecule has 0 saturated carbocycles. The molecule has 25 heavy (non-hydrogen) atoms. The molecule has 132 valence electrons. The average molecular weight is 341 g/mol. The molecule has 0 bridgehead atoms. The molecule has 0 fully saturated rings. The van der Waals surface area contributed by atoms with Crippen molar-refractivity contribution in [2.75, 3.05) is 7.11 Å². The summed E-state index contributed by atoms with van der Waals surface area (Å²) in [6, 6.07) is 15.4. The van der Waals surface area contributed by atoms with Crippen LogP contribution in [0.4, 0.5) is 0 Å². The molecule has 5 heteroatoms. The number of hydrogen-bond donors (Lipinski definition) is 1. The molecule has 0 aliphatic heterocycles. The van der Waals surface area contributed by atoms with Crippen molar-refractivity contribution in [3.05, 3.63) is 65.7 Å². The molecule has 1 N–H and O–H groups in total. The van der Waals surface area contributed by atoms with Gasteiger partial charge < -0.3 is 14.8 Å². The highest BCUT2D eigenvalue weighted by Gasteiger charge is 2.24. The maximum absolute atomic E-state index is 12.4. The van der Waals surface area contributed by atoms with Crippen LogP contribution >= 0.6 is 0 Å². The molecule has 1 amide bonds. The number of carbonyl (C=O) groups excluding carboxylic acids is 2. The Morgan fingerprint density at radius 3 is 2.20 bits per heavy atom. The zero-order valence-corrected chi connectivity index (χ0v) is 14.7. The molecule has 0 radical (unpaired) electrons. The van der Waals surface area contributed by atoms with Crippen LogP contribution in [0.5, 0.6) is 5.75 Å². The van der Waals surface area contributed by atoms with Gasteiger partial charge in [0.1, 0.15) is 11.8 Å². The number of amides is 1. The van der Waals surface area contributed by atoms with E-state index in [1.54, 1.807) is 45.2 Å². The summed E-state index contributed by atoms with van der Waals surface area (Å²) in [5, 5.41) is 2.77. The fourth-order valence-electron chi connectivity index (χ4n) is 2.34. The third-order valence-electron chi connectivity index (χ3n) is 3.58. The minimum Gasteiger partial charge on any atom is -0.497 e. The first-order valence-electron chi connectivity index (χ1n) is 8.19. The average Bonchev–Trinajstić information content (AvgIpc) is 2.62. The molecule has 1 atom stereocenters. The summed E-state index contributed by atoms with van der Waals surface area (Å²) in [6.07, 6.45) is 0.0909. The minimum absolute atomic E-state index is 0.250. The zero-order valence-electron chi connectivity index (χ0n) is 14.7. The summed E-state index contributed by atoms with van der Waals surface area (Å²) < 4.78 is 10.4. The van der Waals surface area contributed by atoms with Gasteiger partial charge >= 0.3 is 5.97 Å². The van der Waals surface area contributed by atoms with E-state index >= 15 is 0 Å². The van der Waals surface area contributed by atoms with E-state index in [9.17, 15) is 9.59 Å². The highest BCUT2D eigenvalue weighted by Crippen LogP contribution is 2.14. The summed E-state index contributed by atoms with van der Waals surface area (Å²) in [6.45, 7) is 3.56. The summed E-state index contributed by atoms with van der Waals surface area (Å²) >= 11 is 0. The van der Waals surface area contributed by atoms with Crippen molar-refractivity contribution in [1.29, 1.82) is 0 Å². The van der Waals surface area contributed by atoms with Crippen molar-refractivity contribution in [3.8, 4) is 5.75 Å². The SMILES string of the molecule is COc1ccc(C[C@H](NC(=O)c2ccccc2)C(=O)OC(C)C)cc1. The minimum atomic E-state index is -0.761. The number of nitrogens with one attached hydrogen (secondary N) is 1. The molecule has 0 aliphatic rings. The molecule has 0 unspecified atom stereocenters. The summed E-state index contributed by atoms with van der Waals surface area (Å²) in [5.41, 5.74) is 1.40. The highest BCUT2D eigenvalue weighted by molar-refractivity contribution is 5.96. The second-order valence-electron chi connectivity index (χ2n) is 5.93. The first-order valence-corrected chi connectivity index (χ1v) is 8.19. The lowest BCUT2D eigenvalue weighted by Gasteiger charge is -2.19. The van der Waals surface area contributed by atoms with E-state index in [1.807, 2.05) is 30.3 Å². The van der Waals surface area contributed by atoms with Crippen LogP contribution in [0.3, 0.4) is 0 Å². The number of carbonyl (C=O) groups is 2. The van der Waals surface area contributed by atoms with Crippen LogP contribution in [0.25, 0.3) is 0 Å². The largest absolute Gasteiger partial charge is 0.497 e. The molecular formula is C20H23NO4. The van der Waals surface area contributed by atoms with Crippen LogP contribution < -0.4 is 10.1 Å². The van der Waals surface area contributed by atoms with Gasteiger partial charge in [0.2, 0.25) is 0 Å². The summed E-state index contributed by atoms with van der Waals surface area (Å²) in [5.74, 6) is -0.0201. The molecule has 5 nitrogen and oxygen atoms in total. The number of methoxy groups -OCH3 is 1. The van der Waals surface area contributed by atoms with Crippen LogP contribution in [-0.4, -0.2) is 31.1 Å². The van der Waals surface area contributed by atoms with Crippen molar-refractivity contribution in [3.63, 3.8) is 0 Å². The molecule has 0 aliphatic carbocycles. The smallest absolute Gasteiger partial charge is 0.329 e. The Bertz CT molecular complexity index is 695. The Kier molecular flexibility index (Phi) is 6.57. The van der Waals surface area contributed by atoms with Gasteiger partial charge in [-0.3, -0.25) is 4.79 Å². The van der Waals surface area contributed by atoms with Crippen LogP contribution in [0.1, 0.15) is 29.8 Å². The number of hydrogen-bond acceptors (Lipinski definition) is 4. The Balaban J connectivity index is 2.14. The number of esters is 1. The van der Waals surface area contributed by atoms with Crippen LogP contribution in [0.15, 0.2) is 54.6 Å². The standard InChI is InChI=1S/C20H23NO4/c1-14(2)25-20(23)18(13-15-9-11-17(24-3)12-10-15)21-19(22)16-7-5-4-6-8-16/h4-12,14,18H,13H2,1-3H3,(H,21,22)/t18-/m0/s1. The molecule has 0 aromatic heterocycles. The van der Waals surface area contributed by atoms with E-state index in [4.69, 9.17) is 9.47 Å². The highest BCUT2D eigenvalue weighted by atomic mass is 16.5. The quantitative estimate of drug-likeness (QED) is 0.786. The lowest BCUT2D eigenvalue weighted by molar-refractivity contribution is -0.149. The first-order chi connectivity index (χ1) is 12.0. The van der Waals surface area contributed by atoms with E-state index in [0.717, 1.165) is 11.3 Å².